The van der Waals surface area contributed by atoms with Crippen molar-refractivity contribution in [1.29, 1.82) is 0 Å². The monoisotopic (exact) mass is 429 g/mol. The maximum atomic E-state index is 12.1. The Morgan fingerprint density at radius 1 is 1.19 bits per heavy atom. The van der Waals surface area contributed by atoms with E-state index < -0.39 is 39.5 Å². The molecule has 1 amide bonds. The fraction of sp³-hybridized carbons (Fsp3) is 0.167. The van der Waals surface area contributed by atoms with Crippen molar-refractivity contribution >= 4 is 33.9 Å². The van der Waals surface area contributed by atoms with Gasteiger partial charge in [0.1, 0.15) is 0 Å². The molecule has 0 atom stereocenters. The van der Waals surface area contributed by atoms with Gasteiger partial charge in [-0.2, -0.15) is 0 Å². The van der Waals surface area contributed by atoms with Crippen LogP contribution < -0.4 is 9.47 Å². The van der Waals surface area contributed by atoms with E-state index in [1.807, 2.05) is 13.0 Å². The molecule has 3 aromatic rings. The molecule has 0 aliphatic heterocycles. The highest BCUT2D eigenvalue weighted by Crippen LogP contribution is 2.41. The summed E-state index contributed by atoms with van der Waals surface area (Å²) in [5.41, 5.74) is 0.209. The number of nitro benzene ring substituents is 2. The Bertz CT molecular complexity index is 1230. The molecule has 3 rings (SSSR count). The first kappa shape index (κ1) is 21.2. The summed E-state index contributed by atoms with van der Waals surface area (Å²) in [5, 5.41) is 39.9. The van der Waals surface area contributed by atoms with Gasteiger partial charge in [-0.1, -0.05) is 11.6 Å². The Kier molecular flexibility index (Phi) is 5.76. The first-order chi connectivity index (χ1) is 14.7. The van der Waals surface area contributed by atoms with Crippen LogP contribution in [-0.2, 0) is 4.79 Å². The highest BCUT2D eigenvalue weighted by Gasteiger charge is 2.27. The minimum absolute atomic E-state index is 0.0472. The van der Waals surface area contributed by atoms with Gasteiger partial charge in [-0.25, -0.2) is 0 Å². The Hall–Kier alpha value is -4.55. The fourth-order valence-corrected chi connectivity index (χ4v) is 2.76. The van der Waals surface area contributed by atoms with E-state index in [1.165, 1.54) is 0 Å². The van der Waals surface area contributed by atoms with Gasteiger partial charge in [0.05, 0.1) is 34.6 Å². The Morgan fingerprint density at radius 2 is 1.94 bits per heavy atom. The van der Waals surface area contributed by atoms with Gasteiger partial charge in [0.2, 0.25) is 11.6 Å². The van der Waals surface area contributed by atoms with Crippen molar-refractivity contribution in [1.82, 2.24) is 4.98 Å². The van der Waals surface area contributed by atoms with Crippen molar-refractivity contribution in [2.45, 2.75) is 6.92 Å². The van der Waals surface area contributed by atoms with Crippen LogP contribution in [0, 0.1) is 27.2 Å². The second-order valence-corrected chi connectivity index (χ2v) is 6.26. The minimum atomic E-state index is -0.920. The molecular weight excluding hydrogens is 414 g/mol. The molecule has 0 unspecified atom stereocenters. The molecule has 160 valence electrons. The van der Waals surface area contributed by atoms with Gasteiger partial charge in [0.15, 0.2) is 18.0 Å². The zero-order chi connectivity index (χ0) is 22.7. The number of ether oxygens (including phenoxy) is 2. The zero-order valence-electron chi connectivity index (χ0n) is 16.2. The third-order valence-electron chi connectivity index (χ3n) is 4.16. The highest BCUT2D eigenvalue weighted by atomic mass is 16.6. The lowest BCUT2D eigenvalue weighted by atomic mass is 10.2. The summed E-state index contributed by atoms with van der Waals surface area (Å²) in [6.07, 6.45) is 0. The number of fused-ring (bicyclic) bond motifs is 1. The average Bonchev–Trinajstić information content (AvgIpc) is 3.03. The molecule has 2 N–H and O–H groups in total. The minimum Gasteiger partial charge on any atom is -0.493 e. The molecular formula is C18H15N5O8. The molecule has 0 bridgehead atoms. The van der Waals surface area contributed by atoms with Crippen LogP contribution in [0.5, 0.6) is 17.4 Å². The van der Waals surface area contributed by atoms with Crippen LogP contribution in [0.25, 0.3) is 10.9 Å². The van der Waals surface area contributed by atoms with Crippen LogP contribution in [0.4, 0.5) is 17.1 Å². The van der Waals surface area contributed by atoms with Gasteiger partial charge in [0.25, 0.3) is 5.69 Å². The summed E-state index contributed by atoms with van der Waals surface area (Å²) in [5.74, 6) is -1.97. The Labute approximate surface area is 173 Å². The number of benzene rings is 2. The Morgan fingerprint density at radius 3 is 2.58 bits per heavy atom. The summed E-state index contributed by atoms with van der Waals surface area (Å²) in [6.45, 7) is 1.08. The van der Waals surface area contributed by atoms with Crippen LogP contribution in [0.1, 0.15) is 5.56 Å². The normalized spacial score (nSPS) is 11.0. The number of hydrogen-bond donors (Lipinski definition) is 2. The van der Waals surface area contributed by atoms with Crippen molar-refractivity contribution in [3.8, 4) is 17.4 Å². The van der Waals surface area contributed by atoms with Crippen LogP contribution >= 0.6 is 0 Å². The summed E-state index contributed by atoms with van der Waals surface area (Å²) in [4.78, 5) is 35.3. The molecule has 0 aliphatic carbocycles. The summed E-state index contributed by atoms with van der Waals surface area (Å²) in [7, 11) is 1.14. The lowest BCUT2D eigenvalue weighted by Gasteiger charge is -2.09. The first-order valence-electron chi connectivity index (χ1n) is 8.60. The summed E-state index contributed by atoms with van der Waals surface area (Å²) in [6, 6.07) is 6.92. The predicted octanol–water partition coefficient (Wildman–Crippen LogP) is 3.70. The third kappa shape index (κ3) is 4.39. The lowest BCUT2D eigenvalue weighted by Crippen LogP contribution is -2.10. The van der Waals surface area contributed by atoms with E-state index in [2.05, 4.69) is 15.2 Å². The maximum Gasteiger partial charge on any atom is 0.321 e. The molecule has 13 nitrogen and oxygen atoms in total. The van der Waals surface area contributed by atoms with Gasteiger partial charge in [0, 0.05) is 5.39 Å². The van der Waals surface area contributed by atoms with Crippen molar-refractivity contribution in [3.05, 3.63) is 56.1 Å². The number of nitrogens with zero attached hydrogens (tertiary/aromatic N) is 4. The summed E-state index contributed by atoms with van der Waals surface area (Å²) < 4.78 is 10.1. The number of amides is 1. The lowest BCUT2D eigenvalue weighted by molar-refractivity contribution is -0.394. The van der Waals surface area contributed by atoms with E-state index in [9.17, 15) is 30.1 Å². The molecule has 2 aromatic carbocycles. The molecule has 0 spiro atoms. The molecule has 13 heteroatoms. The molecule has 31 heavy (non-hydrogen) atoms. The number of aromatic hydroxyl groups is 1. The molecule has 1 heterocycles. The van der Waals surface area contributed by atoms with Gasteiger partial charge in [-0.05, 0) is 19.1 Å². The van der Waals surface area contributed by atoms with E-state index in [4.69, 9.17) is 9.47 Å². The van der Waals surface area contributed by atoms with E-state index in [1.54, 1.807) is 12.1 Å². The van der Waals surface area contributed by atoms with Crippen molar-refractivity contribution in [2.75, 3.05) is 13.7 Å². The third-order valence-corrected chi connectivity index (χ3v) is 4.16. The summed E-state index contributed by atoms with van der Waals surface area (Å²) >= 11 is 0. The van der Waals surface area contributed by atoms with Gasteiger partial charge in [-0.15, -0.1) is 10.2 Å². The standard InChI is InChI=1S/C18H15N5O8/c1-9-3-4-12-11(5-9)16(18(25)19-12)21-20-15(24)8-31-17-13(23(28)29)6-10(22(26)27)7-14(17)30-2/h3-7,19,25H,8H2,1-2H3. The second-order valence-electron chi connectivity index (χ2n) is 6.26. The molecule has 0 saturated carbocycles. The molecule has 1 aromatic heterocycles. The van der Waals surface area contributed by atoms with E-state index in [-0.39, 0.29) is 17.3 Å². The second kappa shape index (κ2) is 8.44. The number of rotatable bonds is 7. The number of H-pyrrole nitrogens is 1. The molecule has 0 aliphatic rings. The van der Waals surface area contributed by atoms with Crippen LogP contribution in [0.15, 0.2) is 40.6 Å². The quantitative estimate of drug-likeness (QED) is 0.323. The highest BCUT2D eigenvalue weighted by molar-refractivity contribution is 5.94. The van der Waals surface area contributed by atoms with Crippen molar-refractivity contribution in [2.24, 2.45) is 10.2 Å². The number of non-ortho nitro benzene ring substituents is 1. The fourth-order valence-electron chi connectivity index (χ4n) is 2.76. The smallest absolute Gasteiger partial charge is 0.321 e. The number of hydrogen-bond acceptors (Lipinski definition) is 9. The number of aromatic amines is 1. The number of carbonyl (C=O) groups is 1. The molecule has 0 fully saturated rings. The van der Waals surface area contributed by atoms with Gasteiger partial charge >= 0.3 is 11.6 Å². The number of nitro groups is 2. The number of carbonyl (C=O) groups excluding carboxylic acids is 1. The van der Waals surface area contributed by atoms with Crippen molar-refractivity contribution in [3.63, 3.8) is 0 Å². The zero-order valence-corrected chi connectivity index (χ0v) is 16.2. The number of aromatic nitrogens is 1. The van der Waals surface area contributed by atoms with Gasteiger partial charge < -0.3 is 19.6 Å². The molecule has 0 saturated heterocycles. The Balaban J connectivity index is 1.83. The largest absolute Gasteiger partial charge is 0.493 e. The topological polar surface area (TPSA) is 183 Å². The number of methoxy groups -OCH3 is 1. The van der Waals surface area contributed by atoms with Gasteiger partial charge in [-0.3, -0.25) is 25.0 Å². The van der Waals surface area contributed by atoms with Crippen LogP contribution in [0.2, 0.25) is 0 Å². The van der Waals surface area contributed by atoms with Crippen LogP contribution in [-0.4, -0.2) is 39.6 Å². The number of nitrogens with one attached hydrogen (secondary N) is 1. The average molecular weight is 429 g/mol. The van der Waals surface area contributed by atoms with Crippen molar-refractivity contribution < 1.29 is 29.2 Å². The van der Waals surface area contributed by atoms with Crippen LogP contribution in [0.3, 0.4) is 0 Å². The number of azo groups is 1. The number of aryl methyl sites for hydroxylation is 1. The molecule has 0 radical (unpaired) electrons. The predicted molar refractivity (Wildman–Crippen MR) is 106 cm³/mol. The SMILES string of the molecule is COc1cc([N+](=O)[O-])cc([N+](=O)[O-])c1OCC(=O)N=Nc1c(O)[nH]c2ccc(C)cc12. The van der Waals surface area contributed by atoms with E-state index in [0.29, 0.717) is 17.0 Å². The van der Waals surface area contributed by atoms with E-state index >= 15 is 0 Å². The first-order valence-corrected chi connectivity index (χ1v) is 8.60. The van der Waals surface area contributed by atoms with E-state index in [0.717, 1.165) is 18.7 Å². The maximum absolute atomic E-state index is 12.1.